The number of urea groups is 1. The van der Waals surface area contributed by atoms with Crippen molar-refractivity contribution in [3.8, 4) is 11.5 Å². The zero-order chi connectivity index (χ0) is 14.7. The lowest BCUT2D eigenvalue weighted by Gasteiger charge is -2.26. The van der Waals surface area contributed by atoms with E-state index >= 15 is 0 Å². The van der Waals surface area contributed by atoms with Gasteiger partial charge in [0, 0.05) is 6.07 Å². The van der Waals surface area contributed by atoms with E-state index in [2.05, 4.69) is 26.6 Å². The van der Waals surface area contributed by atoms with Crippen LogP contribution in [0, 0.1) is 0 Å². The minimum Gasteiger partial charge on any atom is -0.486 e. The molecule has 2 N–H and O–H groups in total. The predicted octanol–water partition coefficient (Wildman–Crippen LogP) is 3.00. The molecule has 0 radical (unpaired) electrons. The zero-order valence-electron chi connectivity index (χ0n) is 11.0. The van der Waals surface area contributed by atoms with Gasteiger partial charge in [-0.1, -0.05) is 12.1 Å². The van der Waals surface area contributed by atoms with E-state index in [1.54, 1.807) is 12.1 Å². The second-order valence-corrected chi connectivity index (χ2v) is 5.22. The quantitative estimate of drug-likeness (QED) is 0.890. The smallest absolute Gasteiger partial charge is 0.321 e. The van der Waals surface area contributed by atoms with Gasteiger partial charge in [0.15, 0.2) is 22.3 Å². The Morgan fingerprint density at radius 3 is 2.81 bits per heavy atom. The monoisotopic (exact) mass is 352 g/mol. The molecule has 21 heavy (non-hydrogen) atoms. The Labute approximate surface area is 129 Å². The highest BCUT2D eigenvalue weighted by Gasteiger charge is 2.21. The number of halogens is 1. The summed E-state index contributed by atoms with van der Waals surface area (Å²) in [5, 5.41) is 5.29. The predicted molar refractivity (Wildman–Crippen MR) is 79.8 cm³/mol. The molecule has 6 nitrogen and oxygen atoms in total. The molecular weight excluding hydrogens is 340 g/mol. The molecular formula is C14H13BrN2O4. The van der Waals surface area contributed by atoms with Crippen molar-refractivity contribution in [2.75, 3.05) is 18.5 Å². The minimum absolute atomic E-state index is 0.228. The van der Waals surface area contributed by atoms with Gasteiger partial charge in [-0.25, -0.2) is 4.79 Å². The van der Waals surface area contributed by atoms with E-state index in [-0.39, 0.29) is 12.1 Å². The van der Waals surface area contributed by atoms with Crippen molar-refractivity contribution in [2.24, 2.45) is 0 Å². The second kappa shape index (κ2) is 6.09. The number of rotatable bonds is 3. The molecule has 2 aromatic rings. The van der Waals surface area contributed by atoms with Crippen molar-refractivity contribution in [3.05, 3.63) is 41.1 Å². The van der Waals surface area contributed by atoms with Crippen LogP contribution >= 0.6 is 15.9 Å². The van der Waals surface area contributed by atoms with E-state index in [1.807, 2.05) is 24.3 Å². The molecule has 2 amide bonds. The van der Waals surface area contributed by atoms with E-state index in [0.717, 1.165) is 5.75 Å². The molecule has 0 saturated carbocycles. The number of hydrogen-bond acceptors (Lipinski definition) is 4. The lowest BCUT2D eigenvalue weighted by atomic mass is 10.2. The number of hydrogen-bond donors (Lipinski definition) is 2. The van der Waals surface area contributed by atoms with Gasteiger partial charge in [-0.15, -0.1) is 0 Å². The SMILES string of the molecule is O=C(NCC1COc2ccccc2O1)Nc1ccc(Br)o1. The van der Waals surface area contributed by atoms with Crippen molar-refractivity contribution in [1.82, 2.24) is 5.32 Å². The van der Waals surface area contributed by atoms with Crippen molar-refractivity contribution in [3.63, 3.8) is 0 Å². The summed E-state index contributed by atoms with van der Waals surface area (Å²) in [7, 11) is 0. The Balaban J connectivity index is 1.49. The molecule has 0 aliphatic carbocycles. The number of carbonyl (C=O) groups excluding carboxylic acids is 1. The third-order valence-corrected chi connectivity index (χ3v) is 3.29. The van der Waals surface area contributed by atoms with Gasteiger partial charge >= 0.3 is 6.03 Å². The highest BCUT2D eigenvalue weighted by molar-refractivity contribution is 9.10. The highest BCUT2D eigenvalue weighted by atomic mass is 79.9. The van der Waals surface area contributed by atoms with Crippen LogP contribution in [0.3, 0.4) is 0 Å². The fourth-order valence-electron chi connectivity index (χ4n) is 1.91. The summed E-state index contributed by atoms with van der Waals surface area (Å²) in [6.07, 6.45) is -0.228. The lowest BCUT2D eigenvalue weighted by molar-refractivity contribution is 0.0922. The average Bonchev–Trinajstić information content (AvgIpc) is 2.90. The van der Waals surface area contributed by atoms with E-state index in [9.17, 15) is 4.79 Å². The summed E-state index contributed by atoms with van der Waals surface area (Å²) >= 11 is 3.16. The molecule has 1 aliphatic heterocycles. The van der Waals surface area contributed by atoms with Crippen LogP contribution in [0.4, 0.5) is 10.7 Å². The normalized spacial score (nSPS) is 16.3. The third kappa shape index (κ3) is 3.49. The molecule has 3 rings (SSSR count). The second-order valence-electron chi connectivity index (χ2n) is 4.44. The van der Waals surface area contributed by atoms with Crippen LogP contribution in [-0.4, -0.2) is 25.3 Å². The van der Waals surface area contributed by atoms with E-state index in [0.29, 0.717) is 29.5 Å². The van der Waals surface area contributed by atoms with Crippen LogP contribution < -0.4 is 20.1 Å². The number of benzene rings is 1. The first-order valence-corrected chi connectivity index (χ1v) is 7.19. The molecule has 1 unspecified atom stereocenters. The van der Waals surface area contributed by atoms with Crippen LogP contribution in [0.2, 0.25) is 0 Å². The number of fused-ring (bicyclic) bond motifs is 1. The Bertz CT molecular complexity index is 643. The zero-order valence-corrected chi connectivity index (χ0v) is 12.6. The van der Waals surface area contributed by atoms with Gasteiger partial charge in [-0.2, -0.15) is 0 Å². The van der Waals surface area contributed by atoms with E-state index in [4.69, 9.17) is 13.9 Å². The van der Waals surface area contributed by atoms with Gasteiger partial charge in [0.25, 0.3) is 0 Å². The molecule has 0 saturated heterocycles. The van der Waals surface area contributed by atoms with Gasteiger partial charge < -0.3 is 19.2 Å². The number of amides is 2. The van der Waals surface area contributed by atoms with Crippen molar-refractivity contribution in [2.45, 2.75) is 6.10 Å². The Kier molecular flexibility index (Phi) is 4.01. The van der Waals surface area contributed by atoms with E-state index < -0.39 is 0 Å². The van der Waals surface area contributed by atoms with Gasteiger partial charge in [0.1, 0.15) is 6.61 Å². The van der Waals surface area contributed by atoms with Crippen LogP contribution in [0.25, 0.3) is 0 Å². The number of anilines is 1. The third-order valence-electron chi connectivity index (χ3n) is 2.87. The van der Waals surface area contributed by atoms with Gasteiger partial charge in [-0.05, 0) is 34.1 Å². The molecule has 0 spiro atoms. The average molecular weight is 353 g/mol. The Hall–Kier alpha value is -2.15. The first-order chi connectivity index (χ1) is 10.2. The van der Waals surface area contributed by atoms with Crippen LogP contribution in [0.15, 0.2) is 45.5 Å². The lowest BCUT2D eigenvalue weighted by Crippen LogP contribution is -2.42. The van der Waals surface area contributed by atoms with Gasteiger partial charge in [0.05, 0.1) is 6.54 Å². The molecule has 2 heterocycles. The highest BCUT2D eigenvalue weighted by Crippen LogP contribution is 2.30. The summed E-state index contributed by atoms with van der Waals surface area (Å²) in [6.45, 7) is 0.728. The number of nitrogens with one attached hydrogen (secondary N) is 2. The standard InChI is InChI=1S/C14H13BrN2O4/c15-12-5-6-13(21-12)17-14(18)16-7-9-8-19-10-3-1-2-4-11(10)20-9/h1-6,9H,7-8H2,(H2,16,17,18). The molecule has 1 aromatic carbocycles. The van der Waals surface area contributed by atoms with Crippen LogP contribution in [0.5, 0.6) is 11.5 Å². The largest absolute Gasteiger partial charge is 0.486 e. The topological polar surface area (TPSA) is 72.7 Å². The maximum Gasteiger partial charge on any atom is 0.321 e. The molecule has 1 atom stereocenters. The van der Waals surface area contributed by atoms with Crippen LogP contribution in [0.1, 0.15) is 0 Å². The summed E-state index contributed by atoms with van der Waals surface area (Å²) in [6, 6.07) is 10.4. The first-order valence-electron chi connectivity index (χ1n) is 6.39. The van der Waals surface area contributed by atoms with Gasteiger partial charge in [0.2, 0.25) is 5.88 Å². The minimum atomic E-state index is -0.362. The summed E-state index contributed by atoms with van der Waals surface area (Å²) in [4.78, 5) is 11.7. The fraction of sp³-hybridized carbons (Fsp3) is 0.214. The molecule has 1 aromatic heterocycles. The molecule has 110 valence electrons. The fourth-order valence-corrected chi connectivity index (χ4v) is 2.21. The number of ether oxygens (including phenoxy) is 2. The van der Waals surface area contributed by atoms with Crippen LogP contribution in [-0.2, 0) is 0 Å². The van der Waals surface area contributed by atoms with Crippen molar-refractivity contribution < 1.29 is 18.7 Å². The summed E-state index contributed by atoms with van der Waals surface area (Å²) in [5.41, 5.74) is 0. The van der Waals surface area contributed by atoms with Gasteiger partial charge in [-0.3, -0.25) is 5.32 Å². The van der Waals surface area contributed by atoms with Crippen molar-refractivity contribution >= 4 is 27.8 Å². The number of furan rings is 1. The molecule has 1 aliphatic rings. The summed E-state index contributed by atoms with van der Waals surface area (Å²) in [5.74, 6) is 1.77. The number of carbonyl (C=O) groups is 1. The molecule has 7 heteroatoms. The Morgan fingerprint density at radius 1 is 1.24 bits per heavy atom. The Morgan fingerprint density at radius 2 is 2.05 bits per heavy atom. The molecule has 0 bridgehead atoms. The van der Waals surface area contributed by atoms with Crippen molar-refractivity contribution in [1.29, 1.82) is 0 Å². The maximum absolute atomic E-state index is 11.7. The summed E-state index contributed by atoms with van der Waals surface area (Å²) < 4.78 is 17.0. The van der Waals surface area contributed by atoms with E-state index in [1.165, 1.54) is 0 Å². The number of para-hydroxylation sites is 2. The maximum atomic E-state index is 11.7. The first kappa shape index (κ1) is 13.8. The molecule has 0 fully saturated rings.